The molecule has 0 saturated heterocycles. The monoisotopic (exact) mass is 475 g/mol. The van der Waals surface area contributed by atoms with Crippen molar-refractivity contribution in [3.8, 4) is 0 Å². The molecule has 0 amide bonds. The van der Waals surface area contributed by atoms with Gasteiger partial charge in [-0.05, 0) is 60.0 Å². The number of para-hydroxylation sites is 1. The number of halogens is 1. The van der Waals surface area contributed by atoms with Crippen molar-refractivity contribution >= 4 is 56.1 Å². The molecule has 0 N–H and O–H groups in total. The topological polar surface area (TPSA) is 37.4 Å². The van der Waals surface area contributed by atoms with E-state index in [-0.39, 0.29) is 22.5 Å². The lowest BCUT2D eigenvalue weighted by Crippen LogP contribution is -2.08. The van der Waals surface area contributed by atoms with Crippen LogP contribution in [-0.4, -0.2) is 11.6 Å². The zero-order valence-corrected chi connectivity index (χ0v) is 19.3. The van der Waals surface area contributed by atoms with Crippen LogP contribution in [0.25, 0.3) is 16.8 Å². The molecule has 0 bridgehead atoms. The van der Waals surface area contributed by atoms with Crippen LogP contribution in [0, 0.1) is 5.82 Å². The highest BCUT2D eigenvalue weighted by atomic mass is 32.1. The van der Waals surface area contributed by atoms with Crippen LogP contribution in [0.15, 0.2) is 109 Å². The summed E-state index contributed by atoms with van der Waals surface area (Å²) in [5, 5.41) is 3.20. The molecular formula is C30H18FNO2S. The highest BCUT2D eigenvalue weighted by Crippen LogP contribution is 2.42. The van der Waals surface area contributed by atoms with Gasteiger partial charge in [-0.25, -0.2) is 4.39 Å². The first-order chi connectivity index (χ1) is 17.1. The smallest absolute Gasteiger partial charge is 0.197 e. The summed E-state index contributed by atoms with van der Waals surface area (Å²) in [5.41, 5.74) is 2.48. The second kappa shape index (κ2) is 8.46. The molecule has 0 saturated carbocycles. The van der Waals surface area contributed by atoms with Crippen molar-refractivity contribution in [2.45, 2.75) is 0 Å². The summed E-state index contributed by atoms with van der Waals surface area (Å²) in [5.74, 6) is -1.33. The Morgan fingerprint density at radius 1 is 0.714 bits per heavy atom. The molecule has 4 aromatic carbocycles. The summed E-state index contributed by atoms with van der Waals surface area (Å²) in [6.45, 7) is 0. The average Bonchev–Trinajstić information content (AvgIpc) is 3.43. The van der Waals surface area contributed by atoms with Gasteiger partial charge in [0, 0.05) is 27.1 Å². The predicted molar refractivity (Wildman–Crippen MR) is 140 cm³/mol. The second-order valence-electron chi connectivity index (χ2n) is 8.25. The summed E-state index contributed by atoms with van der Waals surface area (Å²) in [6.07, 6.45) is 1.61. The molecule has 1 aromatic heterocycles. The Labute approximate surface area is 205 Å². The van der Waals surface area contributed by atoms with E-state index in [0.717, 1.165) is 38.1 Å². The lowest BCUT2D eigenvalue weighted by atomic mass is 10.1. The molecule has 168 valence electrons. The molecule has 1 aliphatic carbocycles. The number of rotatable bonds is 4. The Bertz CT molecular complexity index is 1650. The standard InChI is InChI=1S/C30H18FNO2S/c31-20-13-15-24-25(17-20)30(34)26(29(24)33)18-22-14-16-28(35-22)32(21-9-2-1-3-10-21)27-12-6-8-19-7-4-5-11-23(19)27/h1-18H/b26-18+. The zero-order chi connectivity index (χ0) is 23.9. The number of ketones is 2. The van der Waals surface area contributed by atoms with E-state index >= 15 is 0 Å². The van der Waals surface area contributed by atoms with Gasteiger partial charge in [0.15, 0.2) is 11.6 Å². The van der Waals surface area contributed by atoms with Gasteiger partial charge in [0.2, 0.25) is 0 Å². The van der Waals surface area contributed by atoms with E-state index < -0.39 is 11.6 Å². The van der Waals surface area contributed by atoms with Crippen molar-refractivity contribution in [3.63, 3.8) is 0 Å². The largest absolute Gasteiger partial charge is 0.301 e. The number of allylic oxidation sites excluding steroid dienone is 1. The summed E-state index contributed by atoms with van der Waals surface area (Å²) in [7, 11) is 0. The number of fused-ring (bicyclic) bond motifs is 2. The van der Waals surface area contributed by atoms with Crippen LogP contribution in [0.4, 0.5) is 20.8 Å². The Kier molecular flexibility index (Phi) is 5.12. The van der Waals surface area contributed by atoms with Crippen LogP contribution >= 0.6 is 11.3 Å². The summed E-state index contributed by atoms with van der Waals surface area (Å²) in [4.78, 5) is 28.6. The third-order valence-corrected chi connectivity index (χ3v) is 7.12. The third-order valence-electron chi connectivity index (χ3n) is 6.10. The fourth-order valence-electron chi connectivity index (χ4n) is 4.47. The van der Waals surface area contributed by atoms with E-state index in [1.54, 1.807) is 6.08 Å². The second-order valence-corrected chi connectivity index (χ2v) is 9.35. The Morgan fingerprint density at radius 3 is 2.31 bits per heavy atom. The van der Waals surface area contributed by atoms with Gasteiger partial charge in [0.25, 0.3) is 0 Å². The summed E-state index contributed by atoms with van der Waals surface area (Å²) >= 11 is 1.48. The molecule has 0 fully saturated rings. The molecule has 5 aromatic rings. The summed E-state index contributed by atoms with van der Waals surface area (Å²) < 4.78 is 13.7. The maximum absolute atomic E-state index is 13.7. The molecular weight excluding hydrogens is 457 g/mol. The molecule has 1 heterocycles. The molecule has 0 spiro atoms. The molecule has 0 atom stereocenters. The van der Waals surface area contributed by atoms with Crippen LogP contribution in [0.3, 0.4) is 0 Å². The van der Waals surface area contributed by atoms with Crippen molar-refractivity contribution in [2.75, 3.05) is 4.90 Å². The van der Waals surface area contributed by atoms with E-state index in [2.05, 4.69) is 41.3 Å². The molecule has 35 heavy (non-hydrogen) atoms. The fraction of sp³-hybridized carbons (Fsp3) is 0. The first-order valence-electron chi connectivity index (χ1n) is 11.1. The van der Waals surface area contributed by atoms with Gasteiger partial charge in [-0.3, -0.25) is 9.59 Å². The predicted octanol–water partition coefficient (Wildman–Crippen LogP) is 7.97. The van der Waals surface area contributed by atoms with E-state index in [0.29, 0.717) is 0 Å². The highest BCUT2D eigenvalue weighted by Gasteiger charge is 2.33. The van der Waals surface area contributed by atoms with E-state index in [1.807, 2.05) is 48.5 Å². The van der Waals surface area contributed by atoms with Crippen LogP contribution in [0.5, 0.6) is 0 Å². The Hall–Kier alpha value is -4.35. The molecule has 6 rings (SSSR count). The quantitative estimate of drug-likeness (QED) is 0.195. The van der Waals surface area contributed by atoms with Gasteiger partial charge in [0.05, 0.1) is 11.3 Å². The number of thiophene rings is 1. The van der Waals surface area contributed by atoms with Crippen molar-refractivity contribution in [1.29, 1.82) is 0 Å². The molecule has 3 nitrogen and oxygen atoms in total. The van der Waals surface area contributed by atoms with Crippen molar-refractivity contribution in [2.24, 2.45) is 0 Å². The van der Waals surface area contributed by atoms with Crippen LogP contribution in [0.1, 0.15) is 25.6 Å². The Balaban J connectivity index is 1.45. The van der Waals surface area contributed by atoms with E-state index in [1.165, 1.54) is 23.5 Å². The maximum Gasteiger partial charge on any atom is 0.197 e. The van der Waals surface area contributed by atoms with Crippen LogP contribution in [-0.2, 0) is 0 Å². The molecule has 0 unspecified atom stereocenters. The number of Topliss-reactive ketones (excluding diaryl/α,β-unsaturated/α-hetero) is 2. The molecule has 0 radical (unpaired) electrons. The number of benzene rings is 4. The molecule has 0 aliphatic heterocycles. The fourth-order valence-corrected chi connectivity index (χ4v) is 5.46. The average molecular weight is 476 g/mol. The van der Waals surface area contributed by atoms with Gasteiger partial charge >= 0.3 is 0 Å². The Morgan fingerprint density at radius 2 is 1.46 bits per heavy atom. The van der Waals surface area contributed by atoms with Crippen molar-refractivity contribution < 1.29 is 14.0 Å². The van der Waals surface area contributed by atoms with Gasteiger partial charge < -0.3 is 4.90 Å². The number of carbonyl (C=O) groups excluding carboxylic acids is 2. The van der Waals surface area contributed by atoms with Gasteiger partial charge in [-0.15, -0.1) is 11.3 Å². The van der Waals surface area contributed by atoms with Gasteiger partial charge in [-0.2, -0.15) is 0 Å². The number of anilines is 3. The van der Waals surface area contributed by atoms with E-state index in [4.69, 9.17) is 0 Å². The maximum atomic E-state index is 13.7. The zero-order valence-electron chi connectivity index (χ0n) is 18.4. The highest BCUT2D eigenvalue weighted by molar-refractivity contribution is 7.17. The molecule has 1 aliphatic rings. The number of hydrogen-bond donors (Lipinski definition) is 0. The minimum absolute atomic E-state index is 0.0652. The van der Waals surface area contributed by atoms with Crippen LogP contribution < -0.4 is 4.90 Å². The molecule has 5 heteroatoms. The first-order valence-corrected chi connectivity index (χ1v) is 12.0. The summed E-state index contributed by atoms with van der Waals surface area (Å²) in [6, 6.07) is 32.1. The minimum Gasteiger partial charge on any atom is -0.301 e. The van der Waals surface area contributed by atoms with Crippen molar-refractivity contribution in [3.05, 3.63) is 131 Å². The number of hydrogen-bond acceptors (Lipinski definition) is 4. The SMILES string of the molecule is O=C1/C(=C\c2ccc(N(c3ccccc3)c3cccc4ccccc34)s2)C(=O)c2cc(F)ccc21. The van der Waals surface area contributed by atoms with Crippen molar-refractivity contribution in [1.82, 2.24) is 0 Å². The van der Waals surface area contributed by atoms with E-state index in [9.17, 15) is 14.0 Å². The number of carbonyl (C=O) groups is 2. The number of nitrogens with zero attached hydrogens (tertiary/aromatic N) is 1. The van der Waals surface area contributed by atoms with Gasteiger partial charge in [-0.1, -0.05) is 54.6 Å². The normalized spacial score (nSPS) is 14.0. The first kappa shape index (κ1) is 21.2. The lowest BCUT2D eigenvalue weighted by Gasteiger charge is -2.25. The van der Waals surface area contributed by atoms with Gasteiger partial charge in [0.1, 0.15) is 10.8 Å². The third kappa shape index (κ3) is 3.66. The van der Waals surface area contributed by atoms with Crippen LogP contribution in [0.2, 0.25) is 0 Å². The minimum atomic E-state index is -0.529. The lowest BCUT2D eigenvalue weighted by molar-refractivity contribution is 0.0990.